The number of carbonyl (C=O) groups excluding carboxylic acids is 1. The van der Waals surface area contributed by atoms with Crippen LogP contribution in [-0.4, -0.2) is 21.6 Å². The Balaban J connectivity index is 1.78. The lowest BCUT2D eigenvalue weighted by Crippen LogP contribution is -2.32. The van der Waals surface area contributed by atoms with E-state index in [4.69, 9.17) is 16.3 Å². The van der Waals surface area contributed by atoms with Gasteiger partial charge in [0.1, 0.15) is 17.6 Å². The van der Waals surface area contributed by atoms with Crippen LogP contribution in [0.4, 0.5) is 18.9 Å². The largest absolute Gasteiger partial charge is 0.460 e. The van der Waals surface area contributed by atoms with Crippen molar-refractivity contribution in [2.24, 2.45) is 7.05 Å². The summed E-state index contributed by atoms with van der Waals surface area (Å²) in [5, 5.41) is 3.09. The maximum Gasteiger partial charge on any atom is 0.416 e. The van der Waals surface area contributed by atoms with Crippen LogP contribution in [0.5, 0.6) is 0 Å². The highest BCUT2D eigenvalue weighted by Gasteiger charge is 2.36. The number of halogens is 4. The molecule has 0 spiro atoms. The van der Waals surface area contributed by atoms with Crippen molar-refractivity contribution in [1.29, 1.82) is 0 Å². The Morgan fingerprint density at radius 3 is 2.60 bits per heavy atom. The third-order valence-corrected chi connectivity index (χ3v) is 6.35. The van der Waals surface area contributed by atoms with Crippen LogP contribution in [0.1, 0.15) is 42.3 Å². The number of aryl methyl sites for hydroxylation is 1. The van der Waals surface area contributed by atoms with E-state index in [1.807, 2.05) is 31.2 Å². The fraction of sp³-hybridized carbons (Fsp3) is 0.320. The van der Waals surface area contributed by atoms with Gasteiger partial charge in [-0.15, -0.1) is 0 Å². The van der Waals surface area contributed by atoms with E-state index in [0.29, 0.717) is 18.5 Å². The molecule has 4 rings (SSSR count). The molecule has 0 bridgehead atoms. The standard InChI is InChI=1S/C25H23ClF3N3O3/c1-4-19-22(31-21-16-8-6-5-7-14(16)11-20(21)35-13(2)33)24(34)32(3)23(30-19)17-10-9-15(12-18(17)26)25(27,28)29/h5-10,12,20-21,31H,4,11H2,1-3H3. The minimum atomic E-state index is -4.54. The fourth-order valence-electron chi connectivity index (χ4n) is 4.37. The molecule has 0 amide bonds. The van der Waals surface area contributed by atoms with Gasteiger partial charge < -0.3 is 10.1 Å². The van der Waals surface area contributed by atoms with Crippen LogP contribution in [0.25, 0.3) is 11.4 Å². The van der Waals surface area contributed by atoms with E-state index in [-0.39, 0.29) is 22.1 Å². The first-order valence-electron chi connectivity index (χ1n) is 11.0. The van der Waals surface area contributed by atoms with Gasteiger partial charge >= 0.3 is 12.1 Å². The predicted octanol–water partition coefficient (Wildman–Crippen LogP) is 5.32. The molecule has 1 N–H and O–H groups in total. The van der Waals surface area contributed by atoms with Gasteiger partial charge in [-0.2, -0.15) is 13.2 Å². The van der Waals surface area contributed by atoms with Crippen LogP contribution in [0.15, 0.2) is 47.3 Å². The van der Waals surface area contributed by atoms with Crippen molar-refractivity contribution in [3.05, 3.63) is 80.2 Å². The molecule has 1 aromatic heterocycles. The molecule has 10 heteroatoms. The number of aromatic nitrogens is 2. The third kappa shape index (κ3) is 4.77. The van der Waals surface area contributed by atoms with Crippen molar-refractivity contribution < 1.29 is 22.7 Å². The predicted molar refractivity (Wildman–Crippen MR) is 126 cm³/mol. The molecule has 2 unspecified atom stereocenters. The second-order valence-electron chi connectivity index (χ2n) is 8.34. The second-order valence-corrected chi connectivity index (χ2v) is 8.75. The summed E-state index contributed by atoms with van der Waals surface area (Å²) in [6, 6.07) is 10.1. The van der Waals surface area contributed by atoms with E-state index in [1.54, 1.807) is 0 Å². The number of ether oxygens (including phenoxy) is 1. The maximum atomic E-state index is 13.4. The van der Waals surface area contributed by atoms with E-state index < -0.39 is 35.4 Å². The van der Waals surface area contributed by atoms with E-state index >= 15 is 0 Å². The van der Waals surface area contributed by atoms with Crippen LogP contribution in [0.3, 0.4) is 0 Å². The molecular weight excluding hydrogens is 483 g/mol. The quantitative estimate of drug-likeness (QED) is 0.475. The van der Waals surface area contributed by atoms with Gasteiger partial charge in [0, 0.05) is 26.0 Å². The molecule has 0 saturated heterocycles. The summed E-state index contributed by atoms with van der Waals surface area (Å²) in [7, 11) is 1.48. The van der Waals surface area contributed by atoms with Gasteiger partial charge in [-0.1, -0.05) is 42.8 Å². The lowest BCUT2D eigenvalue weighted by Gasteiger charge is -2.24. The van der Waals surface area contributed by atoms with Crippen LogP contribution >= 0.6 is 11.6 Å². The molecule has 0 fully saturated rings. The van der Waals surface area contributed by atoms with Gasteiger partial charge in [0.25, 0.3) is 5.56 Å². The Hall–Kier alpha value is -3.33. The zero-order valence-electron chi connectivity index (χ0n) is 19.2. The van der Waals surface area contributed by atoms with Gasteiger partial charge in [-0.25, -0.2) is 4.98 Å². The first kappa shape index (κ1) is 24.8. The monoisotopic (exact) mass is 505 g/mol. The number of alkyl halides is 3. The smallest absolute Gasteiger partial charge is 0.416 e. The molecule has 184 valence electrons. The van der Waals surface area contributed by atoms with Crippen LogP contribution in [-0.2, 0) is 35.6 Å². The Labute approximate surface area is 204 Å². The molecule has 6 nitrogen and oxygen atoms in total. The molecule has 1 heterocycles. The van der Waals surface area contributed by atoms with E-state index in [2.05, 4.69) is 10.3 Å². The van der Waals surface area contributed by atoms with Gasteiger partial charge in [-0.3, -0.25) is 14.2 Å². The van der Waals surface area contributed by atoms with Crippen molar-refractivity contribution in [1.82, 2.24) is 9.55 Å². The first-order valence-corrected chi connectivity index (χ1v) is 11.4. The maximum absolute atomic E-state index is 13.4. The highest BCUT2D eigenvalue weighted by molar-refractivity contribution is 6.33. The Kier molecular flexibility index (Phi) is 6.64. The fourth-order valence-corrected chi connectivity index (χ4v) is 4.63. The molecule has 1 aliphatic carbocycles. The van der Waals surface area contributed by atoms with Crippen LogP contribution < -0.4 is 10.9 Å². The lowest BCUT2D eigenvalue weighted by atomic mass is 10.1. The summed E-state index contributed by atoms with van der Waals surface area (Å²) in [6.45, 7) is 3.15. The van der Waals surface area contributed by atoms with Crippen molar-refractivity contribution in [3.8, 4) is 11.4 Å². The van der Waals surface area contributed by atoms with Crippen LogP contribution in [0, 0.1) is 0 Å². The number of fused-ring (bicyclic) bond motifs is 1. The minimum absolute atomic E-state index is 0.152. The van der Waals surface area contributed by atoms with E-state index in [0.717, 1.165) is 23.3 Å². The van der Waals surface area contributed by atoms with E-state index in [1.165, 1.54) is 24.6 Å². The number of hydrogen-bond donors (Lipinski definition) is 1. The Morgan fingerprint density at radius 2 is 1.97 bits per heavy atom. The number of carbonyl (C=O) groups is 1. The number of anilines is 1. The lowest BCUT2D eigenvalue weighted by molar-refractivity contribution is -0.146. The molecule has 1 aliphatic rings. The average molecular weight is 506 g/mol. The van der Waals surface area contributed by atoms with Gasteiger partial charge in [0.05, 0.1) is 22.3 Å². The second kappa shape index (κ2) is 9.37. The SMILES string of the molecule is CCc1nc(-c2ccc(C(F)(F)F)cc2Cl)n(C)c(=O)c1NC1c2ccccc2CC1OC(C)=O. The number of rotatable bonds is 5. The molecule has 0 saturated carbocycles. The van der Waals surface area contributed by atoms with Gasteiger partial charge in [0.2, 0.25) is 0 Å². The molecule has 2 atom stereocenters. The third-order valence-electron chi connectivity index (χ3n) is 6.04. The summed E-state index contributed by atoms with van der Waals surface area (Å²) >= 11 is 6.17. The van der Waals surface area contributed by atoms with Crippen LogP contribution in [0.2, 0.25) is 5.02 Å². The van der Waals surface area contributed by atoms with Crippen molar-refractivity contribution in [2.75, 3.05) is 5.32 Å². The number of benzene rings is 2. The number of nitrogens with zero attached hydrogens (tertiary/aromatic N) is 2. The zero-order valence-corrected chi connectivity index (χ0v) is 20.0. The topological polar surface area (TPSA) is 73.2 Å². The molecular formula is C25H23ClF3N3O3. The minimum Gasteiger partial charge on any atom is -0.460 e. The Bertz CT molecular complexity index is 1350. The highest BCUT2D eigenvalue weighted by atomic mass is 35.5. The summed E-state index contributed by atoms with van der Waals surface area (Å²) in [4.78, 5) is 29.7. The zero-order chi connectivity index (χ0) is 25.5. The Morgan fingerprint density at radius 1 is 1.26 bits per heavy atom. The van der Waals surface area contributed by atoms with Gasteiger partial charge in [-0.05, 0) is 35.7 Å². The number of esters is 1. The van der Waals surface area contributed by atoms with Gasteiger partial charge in [0.15, 0.2) is 0 Å². The molecule has 35 heavy (non-hydrogen) atoms. The molecule has 0 aliphatic heterocycles. The summed E-state index contributed by atoms with van der Waals surface area (Å²) in [6.07, 6.45) is -4.18. The summed E-state index contributed by atoms with van der Waals surface area (Å²) < 4.78 is 46.0. The van der Waals surface area contributed by atoms with Crippen molar-refractivity contribution in [3.63, 3.8) is 0 Å². The summed E-state index contributed by atoms with van der Waals surface area (Å²) in [5.74, 6) is -0.275. The normalized spacial score (nSPS) is 17.2. The number of hydrogen-bond acceptors (Lipinski definition) is 5. The first-order chi connectivity index (χ1) is 16.5. The van der Waals surface area contributed by atoms with Crippen molar-refractivity contribution >= 4 is 23.3 Å². The molecule has 2 aromatic carbocycles. The number of nitrogens with one attached hydrogen (secondary N) is 1. The van der Waals surface area contributed by atoms with E-state index in [9.17, 15) is 22.8 Å². The average Bonchev–Trinajstić information content (AvgIpc) is 3.13. The van der Waals surface area contributed by atoms with Crippen molar-refractivity contribution in [2.45, 2.75) is 45.0 Å². The highest BCUT2D eigenvalue weighted by Crippen LogP contribution is 2.37. The summed E-state index contributed by atoms with van der Waals surface area (Å²) in [5.41, 5.74) is 1.48. The molecule has 0 radical (unpaired) electrons. The molecule has 3 aromatic rings.